The lowest BCUT2D eigenvalue weighted by Crippen LogP contribution is -2.24. The molecule has 0 saturated heterocycles. The van der Waals surface area contributed by atoms with Crippen LogP contribution in [0, 0.1) is 11.3 Å². The predicted octanol–water partition coefficient (Wildman–Crippen LogP) is 4.74. The van der Waals surface area contributed by atoms with Crippen LogP contribution in [0.2, 0.25) is 0 Å². The zero-order valence-electron chi connectivity index (χ0n) is 13.4. The summed E-state index contributed by atoms with van der Waals surface area (Å²) in [6.45, 7) is 2.90. The number of thiazole rings is 1. The van der Waals surface area contributed by atoms with Gasteiger partial charge in [-0.15, -0.1) is 11.3 Å². The van der Waals surface area contributed by atoms with Crippen molar-refractivity contribution in [1.82, 2.24) is 10.3 Å². The normalized spacial score (nSPS) is 26.5. The molecule has 0 aromatic carbocycles. The van der Waals surface area contributed by atoms with Crippen LogP contribution in [0.25, 0.3) is 0 Å². The molecule has 2 fully saturated rings. The van der Waals surface area contributed by atoms with Crippen LogP contribution in [0.5, 0.6) is 0 Å². The number of carbonyl (C=O) groups is 1. The first-order chi connectivity index (χ1) is 10.7. The molecule has 1 heterocycles. The number of unbranched alkanes of at least 4 members (excludes halogenated alkanes) is 1. The number of thioether (sulfide) groups is 1. The van der Waals surface area contributed by atoms with E-state index >= 15 is 0 Å². The lowest BCUT2D eigenvalue weighted by atomic mass is 9.80. The summed E-state index contributed by atoms with van der Waals surface area (Å²) in [5, 5.41) is 3.04. The molecule has 22 heavy (non-hydrogen) atoms. The van der Waals surface area contributed by atoms with Crippen molar-refractivity contribution in [1.29, 1.82) is 0 Å². The molecule has 5 heteroatoms. The molecule has 3 nitrogen and oxygen atoms in total. The fourth-order valence-corrected chi connectivity index (χ4v) is 5.93. The number of aromatic nitrogens is 1. The molecular formula is C17H26N2OS2. The minimum absolute atomic E-state index is 0.0420. The molecule has 122 valence electrons. The average Bonchev–Trinajstić information content (AvgIpc) is 3.22. The van der Waals surface area contributed by atoms with Gasteiger partial charge in [0.25, 0.3) is 5.91 Å². The van der Waals surface area contributed by atoms with Gasteiger partial charge in [-0.05, 0) is 62.0 Å². The van der Waals surface area contributed by atoms with Gasteiger partial charge in [-0.3, -0.25) is 4.79 Å². The largest absolute Gasteiger partial charge is 0.351 e. The molecule has 1 amide bonds. The van der Waals surface area contributed by atoms with E-state index in [0.29, 0.717) is 5.41 Å². The van der Waals surface area contributed by atoms with E-state index in [1.54, 1.807) is 18.0 Å². The van der Waals surface area contributed by atoms with Gasteiger partial charge in [-0.2, -0.15) is 0 Å². The quantitative estimate of drug-likeness (QED) is 0.550. The first-order valence-electron chi connectivity index (χ1n) is 8.58. The van der Waals surface area contributed by atoms with Crippen molar-refractivity contribution in [2.24, 2.45) is 11.3 Å². The highest BCUT2D eigenvalue weighted by Gasteiger charge is 2.43. The molecular weight excluding hydrogens is 312 g/mol. The zero-order valence-corrected chi connectivity index (χ0v) is 15.0. The van der Waals surface area contributed by atoms with Gasteiger partial charge in [-0.1, -0.05) is 25.1 Å². The summed E-state index contributed by atoms with van der Waals surface area (Å²) in [5.74, 6) is 2.08. The Morgan fingerprint density at radius 1 is 1.45 bits per heavy atom. The highest BCUT2D eigenvalue weighted by Crippen LogP contribution is 2.56. The van der Waals surface area contributed by atoms with Gasteiger partial charge in [0.15, 0.2) is 4.34 Å². The lowest BCUT2D eigenvalue weighted by Gasteiger charge is -2.26. The number of hydrogen-bond acceptors (Lipinski definition) is 4. The van der Waals surface area contributed by atoms with Crippen molar-refractivity contribution >= 4 is 29.0 Å². The number of nitrogens with one attached hydrogen (secondary N) is 1. The van der Waals surface area contributed by atoms with Crippen LogP contribution in [-0.2, 0) is 0 Å². The third-order valence-electron chi connectivity index (χ3n) is 5.28. The molecule has 2 aliphatic carbocycles. The number of nitrogens with zero attached hydrogens (tertiary/aromatic N) is 1. The fraction of sp³-hybridized carbons (Fsp3) is 0.765. The standard InChI is InChI=1S/C17H26N2OS2/c1-2-21-16-19-12-14(22-16)15(20)18-10-4-3-7-17-8-5-13(11-17)6-9-17/h12-13H,2-11H2,1H3,(H,18,20). The Morgan fingerprint density at radius 2 is 2.27 bits per heavy atom. The molecule has 1 aromatic rings. The summed E-state index contributed by atoms with van der Waals surface area (Å²) in [4.78, 5) is 17.1. The van der Waals surface area contributed by atoms with Gasteiger partial charge in [0.05, 0.1) is 6.20 Å². The van der Waals surface area contributed by atoms with Crippen molar-refractivity contribution in [3.8, 4) is 0 Å². The molecule has 0 unspecified atom stereocenters. The third-order valence-corrected chi connectivity index (χ3v) is 7.32. The summed E-state index contributed by atoms with van der Waals surface area (Å²) in [7, 11) is 0. The Balaban J connectivity index is 1.33. The van der Waals surface area contributed by atoms with Gasteiger partial charge < -0.3 is 5.32 Å². The molecule has 1 aromatic heterocycles. The second-order valence-electron chi connectivity index (χ2n) is 6.78. The van der Waals surface area contributed by atoms with Crippen LogP contribution in [0.3, 0.4) is 0 Å². The van der Waals surface area contributed by atoms with Crippen LogP contribution < -0.4 is 5.32 Å². The Labute approximate surface area is 141 Å². The molecule has 0 radical (unpaired) electrons. The van der Waals surface area contributed by atoms with E-state index in [2.05, 4.69) is 17.2 Å². The Hall–Kier alpha value is -0.550. The first kappa shape index (κ1) is 16.3. The van der Waals surface area contributed by atoms with Gasteiger partial charge in [0.1, 0.15) is 4.88 Å². The smallest absolute Gasteiger partial charge is 0.263 e. The second kappa shape index (κ2) is 7.35. The number of rotatable bonds is 8. The van der Waals surface area contributed by atoms with Crippen LogP contribution >= 0.6 is 23.1 Å². The molecule has 0 atom stereocenters. The van der Waals surface area contributed by atoms with Crippen LogP contribution in [-0.4, -0.2) is 23.2 Å². The number of amides is 1. The van der Waals surface area contributed by atoms with E-state index in [9.17, 15) is 4.79 Å². The van der Waals surface area contributed by atoms with Gasteiger partial charge in [0, 0.05) is 6.54 Å². The number of carbonyl (C=O) groups excluding carboxylic acids is 1. The van der Waals surface area contributed by atoms with Crippen molar-refractivity contribution in [3.05, 3.63) is 11.1 Å². The summed E-state index contributed by atoms with van der Waals surface area (Å²) >= 11 is 3.19. The average molecular weight is 339 g/mol. The van der Waals surface area contributed by atoms with Crippen molar-refractivity contribution in [2.45, 2.75) is 62.6 Å². The predicted molar refractivity (Wildman–Crippen MR) is 93.7 cm³/mol. The molecule has 1 N–H and O–H groups in total. The minimum Gasteiger partial charge on any atom is -0.351 e. The monoisotopic (exact) mass is 338 g/mol. The van der Waals surface area contributed by atoms with E-state index in [4.69, 9.17) is 0 Å². The second-order valence-corrected chi connectivity index (χ2v) is 9.33. The van der Waals surface area contributed by atoms with E-state index in [1.807, 2.05) is 0 Å². The Bertz CT molecular complexity index is 507. The molecule has 0 spiro atoms. The Kier molecular flexibility index (Phi) is 5.45. The maximum Gasteiger partial charge on any atom is 0.263 e. The van der Waals surface area contributed by atoms with Crippen LogP contribution in [0.4, 0.5) is 0 Å². The third kappa shape index (κ3) is 3.85. The van der Waals surface area contributed by atoms with Gasteiger partial charge in [0.2, 0.25) is 0 Å². The Morgan fingerprint density at radius 3 is 2.95 bits per heavy atom. The summed E-state index contributed by atoms with van der Waals surface area (Å²) in [5.41, 5.74) is 0.693. The van der Waals surface area contributed by atoms with Crippen molar-refractivity contribution in [3.63, 3.8) is 0 Å². The minimum atomic E-state index is 0.0420. The maximum absolute atomic E-state index is 12.1. The molecule has 3 rings (SSSR count). The van der Waals surface area contributed by atoms with Crippen molar-refractivity contribution < 1.29 is 4.79 Å². The van der Waals surface area contributed by atoms with E-state index < -0.39 is 0 Å². The number of hydrogen-bond donors (Lipinski definition) is 1. The molecule has 2 saturated carbocycles. The van der Waals surface area contributed by atoms with Crippen LogP contribution in [0.15, 0.2) is 10.5 Å². The van der Waals surface area contributed by atoms with E-state index in [0.717, 1.165) is 33.9 Å². The summed E-state index contributed by atoms with van der Waals surface area (Å²) in [6, 6.07) is 0. The summed E-state index contributed by atoms with van der Waals surface area (Å²) in [6.07, 6.45) is 12.8. The highest BCUT2D eigenvalue weighted by molar-refractivity contribution is 8.01. The summed E-state index contributed by atoms with van der Waals surface area (Å²) < 4.78 is 0.990. The van der Waals surface area contributed by atoms with Gasteiger partial charge in [-0.25, -0.2) is 4.98 Å². The van der Waals surface area contributed by atoms with Crippen LogP contribution in [0.1, 0.15) is 68.0 Å². The van der Waals surface area contributed by atoms with Gasteiger partial charge >= 0.3 is 0 Å². The van der Waals surface area contributed by atoms with Crippen molar-refractivity contribution in [2.75, 3.05) is 12.3 Å². The molecule has 2 bridgehead atoms. The van der Waals surface area contributed by atoms with E-state index in [1.165, 1.54) is 56.3 Å². The molecule has 0 aliphatic heterocycles. The topological polar surface area (TPSA) is 42.0 Å². The zero-order chi connectivity index (χ0) is 15.4. The molecule has 2 aliphatic rings. The first-order valence-corrected chi connectivity index (χ1v) is 10.4. The fourth-order valence-electron chi connectivity index (χ4n) is 4.13. The SMILES string of the molecule is CCSc1ncc(C(=O)NCCCCC23CCC(CC2)C3)s1. The highest BCUT2D eigenvalue weighted by atomic mass is 32.2. The lowest BCUT2D eigenvalue weighted by molar-refractivity contribution is 0.0956. The maximum atomic E-state index is 12.1. The number of fused-ring (bicyclic) bond motifs is 2. The van der Waals surface area contributed by atoms with E-state index in [-0.39, 0.29) is 5.91 Å².